The van der Waals surface area contributed by atoms with Gasteiger partial charge in [0.2, 0.25) is 0 Å². The Balaban J connectivity index is 1.89. The van der Waals surface area contributed by atoms with Crippen LogP contribution in [0.2, 0.25) is 0 Å². The molecule has 0 aliphatic heterocycles. The fourth-order valence-electron chi connectivity index (χ4n) is 6.19. The number of hydrogen-bond acceptors (Lipinski definition) is 3. The van der Waals surface area contributed by atoms with Crippen molar-refractivity contribution in [3.63, 3.8) is 0 Å². The third-order valence-corrected chi connectivity index (χ3v) is 11.1. The van der Waals surface area contributed by atoms with Crippen molar-refractivity contribution in [1.29, 1.82) is 0 Å². The van der Waals surface area contributed by atoms with Crippen molar-refractivity contribution in [2.75, 3.05) is 0 Å². The standard InChI is InChI=1S/C33H49O3P/c1-23(2)34-26-21-30(35-24(3)4)33(31(22-26)36-25(5)6)29-19-13-14-20-32(29)37(27-15-9-7-10-16-27)28-17-11-8-12-18-28/h13-14,19-25,27-28H,7-12,15-18H2,1-6H3. The largest absolute Gasteiger partial charge is 0.491 e. The second-order valence-electron chi connectivity index (χ2n) is 11.8. The van der Waals surface area contributed by atoms with E-state index in [1.807, 2.05) is 0 Å². The van der Waals surface area contributed by atoms with E-state index in [1.165, 1.54) is 69.8 Å². The molecule has 0 unspecified atom stereocenters. The van der Waals surface area contributed by atoms with E-state index >= 15 is 0 Å². The highest BCUT2D eigenvalue weighted by molar-refractivity contribution is 7.67. The molecule has 2 aliphatic carbocycles. The lowest BCUT2D eigenvalue weighted by Crippen LogP contribution is -2.27. The maximum absolute atomic E-state index is 6.52. The first-order chi connectivity index (χ1) is 17.8. The Labute approximate surface area is 227 Å². The number of benzene rings is 2. The summed E-state index contributed by atoms with van der Waals surface area (Å²) < 4.78 is 19.2. The monoisotopic (exact) mass is 524 g/mol. The van der Waals surface area contributed by atoms with E-state index in [0.717, 1.165) is 34.1 Å². The normalized spacial score (nSPS) is 17.7. The van der Waals surface area contributed by atoms with E-state index in [1.54, 1.807) is 5.30 Å². The maximum Gasteiger partial charge on any atom is 0.134 e. The molecule has 4 heteroatoms. The number of rotatable bonds is 10. The van der Waals surface area contributed by atoms with Crippen LogP contribution in [-0.2, 0) is 0 Å². The summed E-state index contributed by atoms with van der Waals surface area (Å²) in [4.78, 5) is 0. The number of hydrogen-bond donors (Lipinski definition) is 0. The molecular formula is C33H49O3P. The molecular weight excluding hydrogens is 475 g/mol. The van der Waals surface area contributed by atoms with Crippen molar-refractivity contribution in [2.45, 2.75) is 135 Å². The summed E-state index contributed by atoms with van der Waals surface area (Å²) in [7, 11) is -0.266. The molecule has 0 spiro atoms. The highest BCUT2D eigenvalue weighted by Crippen LogP contribution is 2.57. The van der Waals surface area contributed by atoms with Crippen LogP contribution >= 0.6 is 7.92 Å². The summed E-state index contributed by atoms with van der Waals surface area (Å²) in [6.45, 7) is 12.5. The van der Waals surface area contributed by atoms with Crippen LogP contribution in [-0.4, -0.2) is 29.6 Å². The van der Waals surface area contributed by atoms with E-state index in [-0.39, 0.29) is 26.2 Å². The van der Waals surface area contributed by atoms with E-state index < -0.39 is 0 Å². The van der Waals surface area contributed by atoms with Crippen molar-refractivity contribution < 1.29 is 14.2 Å². The average molecular weight is 525 g/mol. The molecule has 0 aromatic heterocycles. The molecule has 2 saturated carbocycles. The highest BCUT2D eigenvalue weighted by Gasteiger charge is 2.34. The number of ether oxygens (including phenoxy) is 3. The summed E-state index contributed by atoms with van der Waals surface area (Å²) >= 11 is 0. The first-order valence-electron chi connectivity index (χ1n) is 14.9. The van der Waals surface area contributed by atoms with Gasteiger partial charge in [-0.3, -0.25) is 0 Å². The quantitative estimate of drug-likeness (QED) is 0.290. The lowest BCUT2D eigenvalue weighted by Gasteiger charge is -2.40. The minimum absolute atomic E-state index is 0.0605. The molecule has 0 bridgehead atoms. The van der Waals surface area contributed by atoms with Gasteiger partial charge < -0.3 is 14.2 Å². The zero-order valence-corrected chi connectivity index (χ0v) is 25.0. The first-order valence-corrected chi connectivity index (χ1v) is 16.4. The van der Waals surface area contributed by atoms with Gasteiger partial charge in [-0.15, -0.1) is 0 Å². The Hall–Kier alpha value is -1.73. The van der Waals surface area contributed by atoms with Crippen LogP contribution < -0.4 is 19.5 Å². The summed E-state index contributed by atoms with van der Waals surface area (Å²) in [6, 6.07) is 13.4. The van der Waals surface area contributed by atoms with Crippen LogP contribution in [0.25, 0.3) is 11.1 Å². The van der Waals surface area contributed by atoms with E-state index in [9.17, 15) is 0 Å². The topological polar surface area (TPSA) is 27.7 Å². The molecule has 3 nitrogen and oxygen atoms in total. The predicted octanol–water partition coefficient (Wildman–Crippen LogP) is 9.49. The molecule has 0 amide bonds. The summed E-state index contributed by atoms with van der Waals surface area (Å²) in [6.07, 6.45) is 14.1. The molecule has 204 valence electrons. The molecule has 0 N–H and O–H groups in total. The second-order valence-corrected chi connectivity index (χ2v) is 14.6. The molecule has 0 radical (unpaired) electrons. The molecule has 37 heavy (non-hydrogen) atoms. The van der Waals surface area contributed by atoms with Crippen molar-refractivity contribution in [3.05, 3.63) is 36.4 Å². The highest BCUT2D eigenvalue weighted by atomic mass is 31.1. The van der Waals surface area contributed by atoms with Crippen molar-refractivity contribution in [3.8, 4) is 28.4 Å². The van der Waals surface area contributed by atoms with Crippen LogP contribution in [0.5, 0.6) is 17.2 Å². The fraction of sp³-hybridized carbons (Fsp3) is 0.636. The lowest BCUT2D eigenvalue weighted by molar-refractivity contribution is 0.218. The van der Waals surface area contributed by atoms with Gasteiger partial charge in [0.05, 0.1) is 23.9 Å². The van der Waals surface area contributed by atoms with Gasteiger partial charge in [0.15, 0.2) is 0 Å². The zero-order valence-electron chi connectivity index (χ0n) is 24.1. The van der Waals surface area contributed by atoms with Gasteiger partial charge in [0.1, 0.15) is 17.2 Å². The van der Waals surface area contributed by atoms with Crippen LogP contribution in [0.1, 0.15) is 106 Å². The third kappa shape index (κ3) is 7.44. The summed E-state index contributed by atoms with van der Waals surface area (Å²) in [5, 5.41) is 1.57. The Morgan fingerprint density at radius 2 is 1.08 bits per heavy atom. The SMILES string of the molecule is CC(C)Oc1cc(OC(C)C)c(-c2ccccc2P(C2CCCCC2)C2CCCCC2)c(OC(C)C)c1. The zero-order chi connectivity index (χ0) is 26.4. The van der Waals surface area contributed by atoms with Crippen molar-refractivity contribution in [1.82, 2.24) is 0 Å². The smallest absolute Gasteiger partial charge is 0.134 e. The molecule has 0 atom stereocenters. The predicted molar refractivity (Wildman–Crippen MR) is 159 cm³/mol. The molecule has 2 aliphatic rings. The van der Waals surface area contributed by atoms with E-state index in [2.05, 4.69) is 77.9 Å². The first kappa shape index (κ1) is 28.3. The lowest BCUT2D eigenvalue weighted by atomic mass is 9.99. The summed E-state index contributed by atoms with van der Waals surface area (Å²) in [5.41, 5.74) is 4.08. The van der Waals surface area contributed by atoms with E-state index in [4.69, 9.17) is 14.2 Å². The molecule has 2 aromatic rings. The Bertz CT molecular complexity index is 938. The van der Waals surface area contributed by atoms with Gasteiger partial charge in [-0.05, 0) is 89.4 Å². The molecule has 2 fully saturated rings. The Morgan fingerprint density at radius 3 is 1.54 bits per heavy atom. The van der Waals surface area contributed by atoms with Crippen LogP contribution in [0.4, 0.5) is 0 Å². The molecule has 2 aromatic carbocycles. The fourth-order valence-corrected chi connectivity index (χ4v) is 10.1. The van der Waals surface area contributed by atoms with Gasteiger partial charge in [0.25, 0.3) is 0 Å². The van der Waals surface area contributed by atoms with Crippen molar-refractivity contribution in [2.24, 2.45) is 0 Å². The Kier molecular flexibility index (Phi) is 10.2. The van der Waals surface area contributed by atoms with Gasteiger partial charge in [-0.25, -0.2) is 0 Å². The van der Waals surface area contributed by atoms with Crippen LogP contribution in [0.15, 0.2) is 36.4 Å². The van der Waals surface area contributed by atoms with E-state index in [0.29, 0.717) is 0 Å². The average Bonchev–Trinajstić information content (AvgIpc) is 2.85. The van der Waals surface area contributed by atoms with Crippen molar-refractivity contribution >= 4 is 13.2 Å². The van der Waals surface area contributed by atoms with Gasteiger partial charge in [-0.2, -0.15) is 0 Å². The second kappa shape index (κ2) is 13.4. The van der Waals surface area contributed by atoms with Gasteiger partial charge in [-0.1, -0.05) is 70.7 Å². The maximum atomic E-state index is 6.52. The molecule has 4 rings (SSSR count). The minimum Gasteiger partial charge on any atom is -0.491 e. The summed E-state index contributed by atoms with van der Waals surface area (Å²) in [5.74, 6) is 2.56. The van der Waals surface area contributed by atoms with Gasteiger partial charge in [0, 0.05) is 12.1 Å². The Morgan fingerprint density at radius 1 is 0.622 bits per heavy atom. The van der Waals surface area contributed by atoms with Gasteiger partial charge >= 0.3 is 0 Å². The van der Waals surface area contributed by atoms with Crippen LogP contribution in [0, 0.1) is 0 Å². The minimum atomic E-state index is -0.266. The molecule has 0 saturated heterocycles. The third-order valence-electron chi connectivity index (χ3n) is 7.52. The molecule has 0 heterocycles. The van der Waals surface area contributed by atoms with Crippen LogP contribution in [0.3, 0.4) is 0 Å².